The molecule has 0 aliphatic rings. The largest absolute Gasteiger partial charge is 0.337 e. The molecule has 0 unspecified atom stereocenters. The topological polar surface area (TPSA) is 29.0 Å². The minimum Gasteiger partial charge on any atom is -0.337 e. The fraction of sp³-hybridized carbons (Fsp3) is 0.231. The van der Waals surface area contributed by atoms with Crippen molar-refractivity contribution in [2.45, 2.75) is 13.5 Å². The lowest BCUT2D eigenvalue weighted by Gasteiger charge is -2.20. The zero-order chi connectivity index (χ0) is 12.1. The van der Waals surface area contributed by atoms with Gasteiger partial charge < -0.3 is 4.90 Å². The van der Waals surface area contributed by atoms with Crippen molar-refractivity contribution in [1.29, 1.82) is 0 Å². The van der Waals surface area contributed by atoms with Gasteiger partial charge in [-0.2, -0.15) is 0 Å². The van der Waals surface area contributed by atoms with Crippen molar-refractivity contribution in [2.24, 2.45) is 0 Å². The average molecular weight is 339 g/mol. The molecule has 0 fully saturated rings. The van der Waals surface area contributed by atoms with Crippen molar-refractivity contribution >= 4 is 28.5 Å². The lowest BCUT2D eigenvalue weighted by Crippen LogP contribution is -2.24. The molecule has 2 rings (SSSR count). The molecule has 0 atom stereocenters. The van der Waals surface area contributed by atoms with Crippen LogP contribution in [-0.2, 0) is 6.54 Å². The SMILES string of the molecule is CCN(Cc1ccccc1)c1ncc(I)cn1. The van der Waals surface area contributed by atoms with E-state index in [-0.39, 0.29) is 0 Å². The van der Waals surface area contributed by atoms with E-state index in [1.165, 1.54) is 5.56 Å². The second-order valence-electron chi connectivity index (χ2n) is 3.70. The standard InChI is InChI=1S/C13H14IN3/c1-2-17(10-11-6-4-3-5-7-11)13-15-8-12(14)9-16-13/h3-9H,2,10H2,1H3. The zero-order valence-electron chi connectivity index (χ0n) is 9.68. The summed E-state index contributed by atoms with van der Waals surface area (Å²) in [6, 6.07) is 10.4. The molecule has 88 valence electrons. The number of rotatable bonds is 4. The van der Waals surface area contributed by atoms with E-state index in [1.807, 2.05) is 18.5 Å². The normalized spacial score (nSPS) is 10.2. The van der Waals surface area contributed by atoms with Crippen LogP contribution in [0.5, 0.6) is 0 Å². The molecule has 1 aromatic heterocycles. The zero-order valence-corrected chi connectivity index (χ0v) is 11.8. The van der Waals surface area contributed by atoms with Crippen LogP contribution in [0, 0.1) is 3.57 Å². The maximum Gasteiger partial charge on any atom is 0.225 e. The number of hydrogen-bond acceptors (Lipinski definition) is 3. The molecular weight excluding hydrogens is 325 g/mol. The number of halogens is 1. The molecule has 17 heavy (non-hydrogen) atoms. The highest BCUT2D eigenvalue weighted by Crippen LogP contribution is 2.12. The van der Waals surface area contributed by atoms with Crippen LogP contribution in [0.1, 0.15) is 12.5 Å². The first-order valence-corrected chi connectivity index (χ1v) is 6.64. The van der Waals surface area contributed by atoms with Crippen LogP contribution in [0.2, 0.25) is 0 Å². The van der Waals surface area contributed by atoms with E-state index < -0.39 is 0 Å². The third-order valence-corrected chi connectivity index (χ3v) is 3.04. The van der Waals surface area contributed by atoms with Crippen LogP contribution < -0.4 is 4.90 Å². The summed E-state index contributed by atoms with van der Waals surface area (Å²) in [4.78, 5) is 10.9. The van der Waals surface area contributed by atoms with Gasteiger partial charge in [-0.1, -0.05) is 30.3 Å². The summed E-state index contributed by atoms with van der Waals surface area (Å²) >= 11 is 2.21. The Labute approximate surface area is 115 Å². The van der Waals surface area contributed by atoms with E-state index in [9.17, 15) is 0 Å². The van der Waals surface area contributed by atoms with Crippen LogP contribution in [0.15, 0.2) is 42.7 Å². The van der Waals surface area contributed by atoms with Crippen molar-refractivity contribution in [2.75, 3.05) is 11.4 Å². The van der Waals surface area contributed by atoms with E-state index in [1.54, 1.807) is 0 Å². The summed E-state index contributed by atoms with van der Waals surface area (Å²) in [5, 5.41) is 0. The molecule has 0 N–H and O–H groups in total. The molecule has 4 heteroatoms. The summed E-state index contributed by atoms with van der Waals surface area (Å²) in [7, 11) is 0. The molecule has 0 bridgehead atoms. The fourth-order valence-corrected chi connectivity index (χ4v) is 1.88. The number of anilines is 1. The molecule has 1 aromatic carbocycles. The summed E-state index contributed by atoms with van der Waals surface area (Å²) in [5.41, 5.74) is 1.27. The van der Waals surface area contributed by atoms with Gasteiger partial charge in [-0.25, -0.2) is 9.97 Å². The van der Waals surface area contributed by atoms with Crippen molar-refractivity contribution in [3.8, 4) is 0 Å². The summed E-state index contributed by atoms with van der Waals surface area (Å²) in [5.74, 6) is 0.789. The predicted molar refractivity (Wildman–Crippen MR) is 77.9 cm³/mol. The Balaban J connectivity index is 2.14. The molecule has 0 amide bonds. The molecule has 0 spiro atoms. The van der Waals surface area contributed by atoms with Crippen LogP contribution >= 0.6 is 22.6 Å². The van der Waals surface area contributed by atoms with Crippen molar-refractivity contribution in [3.05, 3.63) is 51.9 Å². The van der Waals surface area contributed by atoms with Gasteiger partial charge in [0.15, 0.2) is 0 Å². The summed E-state index contributed by atoms with van der Waals surface area (Å²) in [6.45, 7) is 3.86. The molecule has 0 radical (unpaired) electrons. The first kappa shape index (κ1) is 12.3. The fourth-order valence-electron chi connectivity index (χ4n) is 1.60. The molecule has 0 aliphatic carbocycles. The van der Waals surface area contributed by atoms with Crippen molar-refractivity contribution < 1.29 is 0 Å². The molecular formula is C13H14IN3. The molecule has 0 aliphatic heterocycles. The Kier molecular flexibility index (Phi) is 4.30. The quantitative estimate of drug-likeness (QED) is 0.802. The second kappa shape index (κ2) is 5.95. The number of nitrogens with zero attached hydrogens (tertiary/aromatic N) is 3. The Bertz CT molecular complexity index is 456. The first-order valence-electron chi connectivity index (χ1n) is 5.56. The van der Waals surface area contributed by atoms with Crippen molar-refractivity contribution in [3.63, 3.8) is 0 Å². The van der Waals surface area contributed by atoms with E-state index in [4.69, 9.17) is 0 Å². The van der Waals surface area contributed by atoms with Gasteiger partial charge in [0.1, 0.15) is 0 Å². The summed E-state index contributed by atoms with van der Waals surface area (Å²) < 4.78 is 1.06. The van der Waals surface area contributed by atoms with Gasteiger partial charge in [0.05, 0.1) is 0 Å². The Morgan fingerprint density at radius 2 is 1.76 bits per heavy atom. The minimum absolute atomic E-state index is 0.789. The molecule has 2 aromatic rings. The third-order valence-electron chi connectivity index (χ3n) is 2.49. The number of benzene rings is 1. The van der Waals surface area contributed by atoms with Crippen molar-refractivity contribution in [1.82, 2.24) is 9.97 Å². The highest BCUT2D eigenvalue weighted by molar-refractivity contribution is 14.1. The molecule has 3 nitrogen and oxygen atoms in total. The Hall–Kier alpha value is -1.17. The van der Waals surface area contributed by atoms with Gasteiger partial charge in [-0.05, 0) is 35.1 Å². The Morgan fingerprint density at radius 1 is 1.12 bits per heavy atom. The molecule has 1 heterocycles. The van der Waals surface area contributed by atoms with Gasteiger partial charge in [0.2, 0.25) is 5.95 Å². The van der Waals surface area contributed by atoms with Crippen LogP contribution in [0.25, 0.3) is 0 Å². The number of aromatic nitrogens is 2. The number of hydrogen-bond donors (Lipinski definition) is 0. The molecule has 0 saturated heterocycles. The van der Waals surface area contributed by atoms with E-state index in [2.05, 4.69) is 68.6 Å². The highest BCUT2D eigenvalue weighted by Gasteiger charge is 2.07. The minimum atomic E-state index is 0.789. The van der Waals surface area contributed by atoms with E-state index >= 15 is 0 Å². The first-order chi connectivity index (χ1) is 8.29. The maximum atomic E-state index is 4.35. The van der Waals surface area contributed by atoms with Crippen LogP contribution in [0.3, 0.4) is 0 Å². The van der Waals surface area contributed by atoms with Gasteiger partial charge in [0.25, 0.3) is 0 Å². The van der Waals surface area contributed by atoms with E-state index in [0.717, 1.165) is 22.6 Å². The maximum absolute atomic E-state index is 4.35. The van der Waals surface area contributed by atoms with Gasteiger partial charge in [-0.15, -0.1) is 0 Å². The Morgan fingerprint density at radius 3 is 2.35 bits per heavy atom. The molecule has 0 saturated carbocycles. The average Bonchev–Trinajstić information content (AvgIpc) is 2.38. The third kappa shape index (κ3) is 3.39. The summed E-state index contributed by atoms with van der Waals surface area (Å²) in [6.07, 6.45) is 3.69. The smallest absolute Gasteiger partial charge is 0.225 e. The van der Waals surface area contributed by atoms with E-state index in [0.29, 0.717) is 0 Å². The monoisotopic (exact) mass is 339 g/mol. The van der Waals surface area contributed by atoms with Gasteiger partial charge in [-0.3, -0.25) is 0 Å². The lowest BCUT2D eigenvalue weighted by molar-refractivity contribution is 0.790. The predicted octanol–water partition coefficient (Wildman–Crippen LogP) is 3.11. The lowest BCUT2D eigenvalue weighted by atomic mass is 10.2. The highest BCUT2D eigenvalue weighted by atomic mass is 127. The van der Waals surface area contributed by atoms with Crippen LogP contribution in [-0.4, -0.2) is 16.5 Å². The van der Waals surface area contributed by atoms with Gasteiger partial charge >= 0.3 is 0 Å². The van der Waals surface area contributed by atoms with Gasteiger partial charge in [0, 0.05) is 29.1 Å². The van der Waals surface area contributed by atoms with Crippen LogP contribution in [0.4, 0.5) is 5.95 Å². The second-order valence-corrected chi connectivity index (χ2v) is 4.95.